The van der Waals surface area contributed by atoms with Crippen LogP contribution in [0.3, 0.4) is 0 Å². The smallest absolute Gasteiger partial charge is 0.251 e. The molecule has 1 saturated carbocycles. The fraction of sp³-hybridized carbons (Fsp3) is 0.636. The third-order valence-electron chi connectivity index (χ3n) is 2.44. The van der Waals surface area contributed by atoms with Gasteiger partial charge in [0.1, 0.15) is 12.4 Å². The van der Waals surface area contributed by atoms with E-state index in [1.807, 2.05) is 6.92 Å². The number of H-pyrrole nitrogens is 1. The molecule has 88 valence electrons. The van der Waals surface area contributed by atoms with Gasteiger partial charge in [-0.25, -0.2) is 4.98 Å². The summed E-state index contributed by atoms with van der Waals surface area (Å²) in [6.45, 7) is 3.56. The van der Waals surface area contributed by atoms with Crippen LogP contribution >= 0.6 is 0 Å². The molecular weight excluding hydrogens is 206 g/mol. The monoisotopic (exact) mass is 223 g/mol. The minimum absolute atomic E-state index is 0.114. The molecule has 5 heteroatoms. The van der Waals surface area contributed by atoms with Gasteiger partial charge >= 0.3 is 0 Å². The van der Waals surface area contributed by atoms with E-state index in [1.54, 1.807) is 0 Å². The van der Waals surface area contributed by atoms with Gasteiger partial charge in [0.05, 0.1) is 5.69 Å². The molecule has 2 N–H and O–H groups in total. The van der Waals surface area contributed by atoms with Crippen molar-refractivity contribution in [1.29, 1.82) is 0 Å². The average Bonchev–Trinajstić information content (AvgIpc) is 3.07. The lowest BCUT2D eigenvalue weighted by Crippen LogP contribution is -2.20. The number of nitrogens with one attached hydrogen (secondary N) is 2. The number of aromatic nitrogens is 2. The van der Waals surface area contributed by atoms with Gasteiger partial charge in [-0.3, -0.25) is 4.79 Å². The first-order valence-electron chi connectivity index (χ1n) is 5.68. The molecule has 1 aliphatic carbocycles. The van der Waals surface area contributed by atoms with Crippen LogP contribution in [0.1, 0.15) is 31.3 Å². The summed E-state index contributed by atoms with van der Waals surface area (Å²) in [6, 6.07) is 2.15. The maximum atomic E-state index is 11.4. The SMILES string of the molecule is CCOCc1nc(CNC2CC2)cc(=O)[nH]1. The second kappa shape index (κ2) is 5.23. The van der Waals surface area contributed by atoms with Crippen molar-refractivity contribution < 1.29 is 4.74 Å². The predicted octanol–water partition coefficient (Wildman–Crippen LogP) is 0.558. The van der Waals surface area contributed by atoms with Crippen LogP contribution in [-0.4, -0.2) is 22.6 Å². The minimum atomic E-state index is -0.114. The van der Waals surface area contributed by atoms with Crippen LogP contribution in [0, 0.1) is 0 Å². The Morgan fingerprint density at radius 3 is 3.12 bits per heavy atom. The van der Waals surface area contributed by atoms with E-state index in [9.17, 15) is 4.79 Å². The molecule has 0 bridgehead atoms. The zero-order valence-corrected chi connectivity index (χ0v) is 9.45. The Morgan fingerprint density at radius 2 is 2.44 bits per heavy atom. The van der Waals surface area contributed by atoms with Crippen LogP contribution in [0.4, 0.5) is 0 Å². The highest BCUT2D eigenvalue weighted by Gasteiger charge is 2.20. The molecule has 1 fully saturated rings. The Labute approximate surface area is 94.2 Å². The molecule has 0 spiro atoms. The molecule has 0 unspecified atom stereocenters. The minimum Gasteiger partial charge on any atom is -0.374 e. The van der Waals surface area contributed by atoms with Gasteiger partial charge < -0.3 is 15.0 Å². The van der Waals surface area contributed by atoms with Crippen molar-refractivity contribution in [2.75, 3.05) is 6.61 Å². The number of aromatic amines is 1. The molecule has 1 aromatic rings. The molecule has 0 aromatic carbocycles. The molecule has 0 radical (unpaired) electrons. The fourth-order valence-corrected chi connectivity index (χ4v) is 1.46. The van der Waals surface area contributed by atoms with Crippen molar-refractivity contribution in [3.8, 4) is 0 Å². The summed E-state index contributed by atoms with van der Waals surface area (Å²) in [4.78, 5) is 18.3. The maximum absolute atomic E-state index is 11.4. The summed E-state index contributed by atoms with van der Waals surface area (Å²) in [7, 11) is 0. The Bertz CT molecular complexity index is 398. The lowest BCUT2D eigenvalue weighted by atomic mass is 10.4. The van der Waals surface area contributed by atoms with E-state index in [1.165, 1.54) is 18.9 Å². The average molecular weight is 223 g/mol. The van der Waals surface area contributed by atoms with Gasteiger partial charge in [-0.1, -0.05) is 0 Å². The number of ether oxygens (including phenoxy) is 1. The molecule has 1 aliphatic rings. The van der Waals surface area contributed by atoms with E-state index in [4.69, 9.17) is 4.74 Å². The molecule has 1 heterocycles. The Morgan fingerprint density at radius 1 is 1.62 bits per heavy atom. The van der Waals surface area contributed by atoms with Gasteiger partial charge in [-0.15, -0.1) is 0 Å². The van der Waals surface area contributed by atoms with E-state index >= 15 is 0 Å². The van der Waals surface area contributed by atoms with Gasteiger partial charge in [0.25, 0.3) is 5.56 Å². The second-order valence-electron chi connectivity index (χ2n) is 3.98. The topological polar surface area (TPSA) is 67.0 Å². The summed E-state index contributed by atoms with van der Waals surface area (Å²) in [5.41, 5.74) is 0.669. The molecule has 16 heavy (non-hydrogen) atoms. The van der Waals surface area contributed by atoms with E-state index in [0.717, 1.165) is 5.69 Å². The second-order valence-corrected chi connectivity index (χ2v) is 3.98. The van der Waals surface area contributed by atoms with Crippen LogP contribution in [0.25, 0.3) is 0 Å². The summed E-state index contributed by atoms with van der Waals surface area (Å²) in [6.07, 6.45) is 2.46. The lowest BCUT2D eigenvalue weighted by Gasteiger charge is -2.05. The van der Waals surface area contributed by atoms with Gasteiger partial charge in [-0.2, -0.15) is 0 Å². The van der Waals surface area contributed by atoms with Crippen molar-refractivity contribution in [2.45, 2.75) is 39.0 Å². The van der Waals surface area contributed by atoms with Gasteiger partial charge in [0.2, 0.25) is 0 Å². The first kappa shape index (κ1) is 11.3. The predicted molar refractivity (Wildman–Crippen MR) is 60.0 cm³/mol. The number of rotatable bonds is 6. The van der Waals surface area contributed by atoms with E-state index in [-0.39, 0.29) is 5.56 Å². The Hall–Kier alpha value is -1.20. The Kier molecular flexibility index (Phi) is 3.69. The Balaban J connectivity index is 1.98. The standard InChI is InChI=1S/C11H17N3O2/c1-2-16-7-10-13-9(5-11(15)14-10)6-12-8-3-4-8/h5,8,12H,2-4,6-7H2,1H3,(H,13,14,15). The zero-order valence-electron chi connectivity index (χ0n) is 9.45. The van der Waals surface area contributed by atoms with Gasteiger partial charge in [-0.05, 0) is 19.8 Å². The summed E-state index contributed by atoms with van der Waals surface area (Å²) < 4.78 is 5.21. The highest BCUT2D eigenvalue weighted by Crippen LogP contribution is 2.18. The molecule has 0 aliphatic heterocycles. The molecule has 0 saturated heterocycles. The van der Waals surface area contributed by atoms with Crippen molar-refractivity contribution in [2.24, 2.45) is 0 Å². The number of hydrogen-bond donors (Lipinski definition) is 2. The molecule has 0 atom stereocenters. The van der Waals surface area contributed by atoms with Crippen molar-refractivity contribution in [3.63, 3.8) is 0 Å². The number of nitrogens with zero attached hydrogens (tertiary/aromatic N) is 1. The molecule has 1 aromatic heterocycles. The third-order valence-corrected chi connectivity index (χ3v) is 2.44. The van der Waals surface area contributed by atoms with Crippen LogP contribution in [0.5, 0.6) is 0 Å². The van der Waals surface area contributed by atoms with Gasteiger partial charge in [0.15, 0.2) is 0 Å². The summed E-state index contributed by atoms with van der Waals surface area (Å²) >= 11 is 0. The van der Waals surface area contributed by atoms with E-state index < -0.39 is 0 Å². The van der Waals surface area contributed by atoms with Crippen LogP contribution in [0.15, 0.2) is 10.9 Å². The van der Waals surface area contributed by atoms with Crippen molar-refractivity contribution in [3.05, 3.63) is 27.9 Å². The van der Waals surface area contributed by atoms with Crippen LogP contribution in [-0.2, 0) is 17.9 Å². The molecular formula is C11H17N3O2. The first-order chi connectivity index (χ1) is 7.78. The van der Waals surface area contributed by atoms with Crippen molar-refractivity contribution in [1.82, 2.24) is 15.3 Å². The molecule has 5 nitrogen and oxygen atoms in total. The summed E-state index contributed by atoms with van der Waals surface area (Å²) in [5, 5.41) is 3.33. The maximum Gasteiger partial charge on any atom is 0.251 e. The molecule has 0 amide bonds. The van der Waals surface area contributed by atoms with Gasteiger partial charge in [0, 0.05) is 25.3 Å². The third kappa shape index (κ3) is 3.43. The van der Waals surface area contributed by atoms with Crippen molar-refractivity contribution >= 4 is 0 Å². The van der Waals surface area contributed by atoms with Crippen LogP contribution < -0.4 is 10.9 Å². The fourth-order valence-electron chi connectivity index (χ4n) is 1.46. The van der Waals surface area contributed by atoms with Crippen LogP contribution in [0.2, 0.25) is 0 Å². The lowest BCUT2D eigenvalue weighted by molar-refractivity contribution is 0.128. The zero-order chi connectivity index (χ0) is 11.4. The quantitative estimate of drug-likeness (QED) is 0.739. The highest BCUT2D eigenvalue weighted by molar-refractivity contribution is 5.03. The largest absolute Gasteiger partial charge is 0.374 e. The van der Waals surface area contributed by atoms with E-state index in [2.05, 4.69) is 15.3 Å². The van der Waals surface area contributed by atoms with E-state index in [0.29, 0.717) is 31.6 Å². The summed E-state index contributed by atoms with van der Waals surface area (Å²) in [5.74, 6) is 0.599. The molecule has 2 rings (SSSR count). The highest BCUT2D eigenvalue weighted by atomic mass is 16.5. The first-order valence-corrected chi connectivity index (χ1v) is 5.68. The number of hydrogen-bond acceptors (Lipinski definition) is 4. The normalized spacial score (nSPS) is 15.3.